The van der Waals surface area contributed by atoms with Crippen LogP contribution in [0.15, 0.2) is 0 Å². The second kappa shape index (κ2) is 2.35. The largest absolute Gasteiger partial charge is 0.445 e. The maximum atomic E-state index is 4.77. The molecule has 7 heavy (non-hydrogen) atoms. The third-order valence-electron chi connectivity index (χ3n) is 0.760. The summed E-state index contributed by atoms with van der Waals surface area (Å²) < 4.78 is 4.77. The predicted molar refractivity (Wildman–Crippen MR) is 26.3 cm³/mol. The van der Waals surface area contributed by atoms with E-state index in [0.29, 0.717) is 0 Å². The van der Waals surface area contributed by atoms with E-state index in [1.54, 1.807) is 0 Å². The van der Waals surface area contributed by atoms with Crippen molar-refractivity contribution in [3.8, 4) is 12.2 Å². The fourth-order valence-electron chi connectivity index (χ4n) is 0.418. The second-order valence-electron chi connectivity index (χ2n) is 1.36. The molecule has 0 aromatic carbocycles. The van der Waals surface area contributed by atoms with Crippen LogP contribution in [0.25, 0.3) is 0 Å². The molecule has 0 unspecified atom stereocenters. The molecule has 2 nitrogen and oxygen atoms in total. The summed E-state index contributed by atoms with van der Waals surface area (Å²) in [7, 11) is 0. The molecule has 0 atom stereocenters. The average molecular weight is 97.1 g/mol. The third-order valence-corrected chi connectivity index (χ3v) is 0.760. The fraction of sp³-hybridized carbons (Fsp3) is 0.600. The topological polar surface area (TPSA) is 21.3 Å². The molecule has 1 aliphatic rings. The Morgan fingerprint density at radius 2 is 2.57 bits per heavy atom. The molecule has 0 saturated heterocycles. The number of nitrogens with one attached hydrogen (secondary N) is 1. The first kappa shape index (κ1) is 4.32. The van der Waals surface area contributed by atoms with Gasteiger partial charge in [-0.1, -0.05) is 0 Å². The highest BCUT2D eigenvalue weighted by molar-refractivity contribution is 4.89. The van der Waals surface area contributed by atoms with Crippen molar-refractivity contribution in [1.29, 1.82) is 0 Å². The molecule has 0 aromatic rings. The zero-order valence-electron chi connectivity index (χ0n) is 4.03. The quantitative estimate of drug-likeness (QED) is 0.427. The first-order valence-corrected chi connectivity index (χ1v) is 2.35. The van der Waals surface area contributed by atoms with Crippen molar-refractivity contribution in [2.45, 2.75) is 6.42 Å². The molecule has 0 bridgehead atoms. The molecule has 0 aliphatic carbocycles. The van der Waals surface area contributed by atoms with Gasteiger partial charge in [-0.15, -0.1) is 0 Å². The van der Waals surface area contributed by atoms with Crippen LogP contribution in [0, 0.1) is 12.2 Å². The van der Waals surface area contributed by atoms with Gasteiger partial charge in [0, 0.05) is 19.0 Å². The Balaban J connectivity index is 2.26. The van der Waals surface area contributed by atoms with Crippen molar-refractivity contribution in [2.24, 2.45) is 0 Å². The summed E-state index contributed by atoms with van der Waals surface area (Å²) in [5.41, 5.74) is 0. The van der Waals surface area contributed by atoms with E-state index in [1.807, 2.05) is 0 Å². The molecular formula is C5H7NO. The van der Waals surface area contributed by atoms with E-state index in [4.69, 9.17) is 4.74 Å². The van der Waals surface area contributed by atoms with Gasteiger partial charge in [-0.3, -0.25) is 0 Å². The van der Waals surface area contributed by atoms with Crippen LogP contribution in [0.2, 0.25) is 0 Å². The lowest BCUT2D eigenvalue weighted by Gasteiger charge is -1.89. The highest BCUT2D eigenvalue weighted by Crippen LogP contribution is 1.80. The molecule has 1 aliphatic heterocycles. The lowest BCUT2D eigenvalue weighted by atomic mass is 10.5. The molecule has 0 saturated carbocycles. The molecule has 0 radical (unpaired) electrons. The minimum atomic E-state index is 0.764. The van der Waals surface area contributed by atoms with Crippen molar-refractivity contribution >= 4 is 0 Å². The van der Waals surface area contributed by atoms with Gasteiger partial charge in [0.15, 0.2) is 0 Å². The number of hydrogen-bond donors (Lipinski definition) is 1. The molecule has 2 heteroatoms. The van der Waals surface area contributed by atoms with Gasteiger partial charge >= 0.3 is 0 Å². The van der Waals surface area contributed by atoms with Crippen molar-refractivity contribution in [3.63, 3.8) is 0 Å². The molecule has 0 amide bonds. The fourth-order valence-corrected chi connectivity index (χ4v) is 0.418. The Labute approximate surface area is 42.9 Å². The summed E-state index contributed by atoms with van der Waals surface area (Å²) in [6.07, 6.45) is 3.53. The maximum Gasteiger partial charge on any atom is 0.133 e. The first-order chi connectivity index (χ1) is 3.50. The van der Waals surface area contributed by atoms with Gasteiger partial charge in [0.05, 0.1) is 0 Å². The van der Waals surface area contributed by atoms with Gasteiger partial charge in [0.2, 0.25) is 0 Å². The van der Waals surface area contributed by atoms with E-state index in [0.717, 1.165) is 19.6 Å². The van der Waals surface area contributed by atoms with Crippen LogP contribution in [-0.4, -0.2) is 13.2 Å². The standard InChI is InChI=1S/C5H7NO/c1-2-6-3-5-7-4-1/h6H,1-2,4H2. The Hall–Kier alpha value is -0.840. The molecular weight excluding hydrogens is 90.1 g/mol. The van der Waals surface area contributed by atoms with Gasteiger partial charge in [-0.2, -0.15) is 0 Å². The zero-order chi connectivity index (χ0) is 4.95. The Bertz CT molecular complexity index is 90.4. The Morgan fingerprint density at radius 3 is 3.57 bits per heavy atom. The van der Waals surface area contributed by atoms with Crippen LogP contribution in [0.5, 0.6) is 0 Å². The van der Waals surface area contributed by atoms with Crippen LogP contribution in [-0.2, 0) is 4.74 Å². The molecule has 0 aromatic heterocycles. The van der Waals surface area contributed by atoms with E-state index in [2.05, 4.69) is 17.5 Å². The van der Waals surface area contributed by atoms with E-state index in [9.17, 15) is 0 Å². The molecule has 1 N–H and O–H groups in total. The average Bonchev–Trinajstić information content (AvgIpc) is 1.90. The van der Waals surface area contributed by atoms with Gasteiger partial charge in [-0.25, -0.2) is 0 Å². The van der Waals surface area contributed by atoms with Gasteiger partial charge in [0.1, 0.15) is 12.7 Å². The smallest absolute Gasteiger partial charge is 0.133 e. The minimum absolute atomic E-state index is 0.764. The van der Waals surface area contributed by atoms with Crippen molar-refractivity contribution < 1.29 is 4.74 Å². The molecule has 0 spiro atoms. The molecule has 38 valence electrons. The predicted octanol–water partition coefficient (Wildman–Crippen LogP) is -0.0853. The SMILES string of the molecule is C1#COCCCN1. The summed E-state index contributed by atoms with van der Waals surface area (Å²) in [5.74, 6) is 0. The normalized spacial score (nSPS) is 17.1. The van der Waals surface area contributed by atoms with Crippen molar-refractivity contribution in [1.82, 2.24) is 5.32 Å². The first-order valence-electron chi connectivity index (χ1n) is 2.35. The van der Waals surface area contributed by atoms with Crippen LogP contribution in [0.4, 0.5) is 0 Å². The number of rotatable bonds is 0. The van der Waals surface area contributed by atoms with E-state index < -0.39 is 0 Å². The summed E-state index contributed by atoms with van der Waals surface area (Å²) >= 11 is 0. The summed E-state index contributed by atoms with van der Waals surface area (Å²) in [6, 6.07) is 2.62. The number of ether oxygens (including phenoxy) is 1. The van der Waals surface area contributed by atoms with Gasteiger partial charge in [0.25, 0.3) is 0 Å². The van der Waals surface area contributed by atoms with E-state index >= 15 is 0 Å². The lowest BCUT2D eigenvalue weighted by molar-refractivity contribution is 0.278. The van der Waals surface area contributed by atoms with E-state index in [-0.39, 0.29) is 0 Å². The molecule has 1 heterocycles. The molecule has 0 fully saturated rings. The second-order valence-corrected chi connectivity index (χ2v) is 1.36. The summed E-state index contributed by atoms with van der Waals surface area (Å²) in [5, 5.41) is 2.86. The lowest BCUT2D eigenvalue weighted by Crippen LogP contribution is -2.06. The molecule has 1 rings (SSSR count). The Morgan fingerprint density at radius 1 is 1.57 bits per heavy atom. The highest BCUT2D eigenvalue weighted by Gasteiger charge is 1.86. The minimum Gasteiger partial charge on any atom is -0.445 e. The number of hydrogen-bond acceptors (Lipinski definition) is 2. The third kappa shape index (κ3) is 1.36. The highest BCUT2D eigenvalue weighted by atomic mass is 16.5. The van der Waals surface area contributed by atoms with Gasteiger partial charge in [-0.05, 0) is 0 Å². The van der Waals surface area contributed by atoms with Crippen LogP contribution >= 0.6 is 0 Å². The van der Waals surface area contributed by atoms with Crippen molar-refractivity contribution in [2.75, 3.05) is 13.2 Å². The van der Waals surface area contributed by atoms with Crippen LogP contribution < -0.4 is 5.32 Å². The zero-order valence-corrected chi connectivity index (χ0v) is 4.03. The Kier molecular flexibility index (Phi) is 1.45. The van der Waals surface area contributed by atoms with Crippen molar-refractivity contribution in [3.05, 3.63) is 0 Å². The summed E-state index contributed by atoms with van der Waals surface area (Å²) in [4.78, 5) is 0. The van der Waals surface area contributed by atoms with Crippen LogP contribution in [0.3, 0.4) is 0 Å². The van der Waals surface area contributed by atoms with E-state index in [1.165, 1.54) is 0 Å². The summed E-state index contributed by atoms with van der Waals surface area (Å²) in [6.45, 7) is 1.72. The monoisotopic (exact) mass is 97.1 g/mol. The maximum absolute atomic E-state index is 4.77. The van der Waals surface area contributed by atoms with Gasteiger partial charge < -0.3 is 10.1 Å². The van der Waals surface area contributed by atoms with Crippen LogP contribution in [0.1, 0.15) is 6.42 Å².